The minimum atomic E-state index is -0.602. The van der Waals surface area contributed by atoms with Crippen LogP contribution >= 0.6 is 12.2 Å². The number of ether oxygens (including phenoxy) is 1. The van der Waals surface area contributed by atoms with Crippen molar-refractivity contribution in [2.24, 2.45) is 0 Å². The SMILES string of the molecule is CCOC(=O)c1ccc(N2CCN(C(=S)NC(=O)c3ccco3)CC2)c([N+](=O)[O-])c1. The number of piperazine rings is 1. The Morgan fingerprint density at radius 3 is 2.60 bits per heavy atom. The lowest BCUT2D eigenvalue weighted by Gasteiger charge is -2.36. The fourth-order valence-electron chi connectivity index (χ4n) is 3.07. The van der Waals surface area contributed by atoms with Gasteiger partial charge in [-0.2, -0.15) is 0 Å². The van der Waals surface area contributed by atoms with Crippen LogP contribution in [-0.4, -0.2) is 59.6 Å². The molecular formula is C19H20N4O6S. The van der Waals surface area contributed by atoms with Crippen LogP contribution in [0.5, 0.6) is 0 Å². The second-order valence-corrected chi connectivity index (χ2v) is 6.78. The van der Waals surface area contributed by atoms with Gasteiger partial charge in [-0.1, -0.05) is 0 Å². The molecule has 2 heterocycles. The highest BCUT2D eigenvalue weighted by molar-refractivity contribution is 7.80. The number of amides is 1. The molecule has 0 unspecified atom stereocenters. The van der Waals surface area contributed by atoms with Gasteiger partial charge in [0, 0.05) is 32.2 Å². The van der Waals surface area contributed by atoms with Gasteiger partial charge < -0.3 is 19.0 Å². The molecule has 0 radical (unpaired) electrons. The van der Waals surface area contributed by atoms with Crippen LogP contribution in [-0.2, 0) is 4.74 Å². The first-order valence-electron chi connectivity index (χ1n) is 9.25. The Morgan fingerprint density at radius 1 is 1.27 bits per heavy atom. The summed E-state index contributed by atoms with van der Waals surface area (Å²) in [6, 6.07) is 7.44. The van der Waals surface area contributed by atoms with Gasteiger partial charge in [-0.05, 0) is 43.4 Å². The zero-order valence-corrected chi connectivity index (χ0v) is 17.0. The summed E-state index contributed by atoms with van der Waals surface area (Å²) in [4.78, 5) is 38.6. The molecule has 1 N–H and O–H groups in total. The van der Waals surface area contributed by atoms with Gasteiger partial charge in [-0.25, -0.2) is 4.79 Å². The van der Waals surface area contributed by atoms with Crippen molar-refractivity contribution in [2.75, 3.05) is 37.7 Å². The van der Waals surface area contributed by atoms with Crippen LogP contribution in [0.15, 0.2) is 41.0 Å². The molecule has 0 bridgehead atoms. The first-order valence-corrected chi connectivity index (χ1v) is 9.65. The van der Waals surface area contributed by atoms with E-state index in [2.05, 4.69) is 5.32 Å². The van der Waals surface area contributed by atoms with Gasteiger partial charge in [0.25, 0.3) is 11.6 Å². The van der Waals surface area contributed by atoms with E-state index in [1.165, 1.54) is 24.5 Å². The van der Waals surface area contributed by atoms with Crippen molar-refractivity contribution in [3.05, 3.63) is 58.0 Å². The molecule has 1 amide bonds. The van der Waals surface area contributed by atoms with Gasteiger partial charge >= 0.3 is 5.97 Å². The maximum absolute atomic E-state index is 12.1. The Hall–Kier alpha value is -3.47. The number of nitrogens with one attached hydrogen (secondary N) is 1. The van der Waals surface area contributed by atoms with Crippen molar-refractivity contribution in [1.82, 2.24) is 10.2 Å². The summed E-state index contributed by atoms with van der Waals surface area (Å²) < 4.78 is 9.95. The van der Waals surface area contributed by atoms with Crippen molar-refractivity contribution >= 4 is 40.6 Å². The average molecular weight is 432 g/mol. The first-order chi connectivity index (χ1) is 14.4. The summed E-state index contributed by atoms with van der Waals surface area (Å²) in [5.41, 5.74) is 0.383. The molecular weight excluding hydrogens is 412 g/mol. The number of nitro groups is 1. The van der Waals surface area contributed by atoms with E-state index >= 15 is 0 Å². The third kappa shape index (κ3) is 4.74. The molecule has 1 aromatic carbocycles. The molecule has 0 saturated carbocycles. The standard InChI is InChI=1S/C19H20N4O6S/c1-2-28-18(25)13-5-6-14(15(12-13)23(26)27)21-7-9-22(10-8-21)19(30)20-17(24)16-4-3-11-29-16/h3-6,11-12H,2,7-10H2,1H3,(H,20,24,30). The number of benzene rings is 1. The van der Waals surface area contributed by atoms with Gasteiger partial charge in [0.2, 0.25) is 0 Å². The molecule has 11 heteroatoms. The Kier molecular flexibility index (Phi) is 6.62. The van der Waals surface area contributed by atoms with Crippen molar-refractivity contribution in [2.45, 2.75) is 6.92 Å². The molecule has 0 spiro atoms. The van der Waals surface area contributed by atoms with Gasteiger partial charge in [-0.15, -0.1) is 0 Å². The van der Waals surface area contributed by atoms with Gasteiger partial charge in [0.1, 0.15) is 5.69 Å². The number of furan rings is 1. The van der Waals surface area contributed by atoms with Crippen LogP contribution in [0.1, 0.15) is 27.8 Å². The summed E-state index contributed by atoms with van der Waals surface area (Å²) in [5, 5.41) is 14.4. The van der Waals surface area contributed by atoms with E-state index in [0.717, 1.165) is 0 Å². The highest BCUT2D eigenvalue weighted by Gasteiger charge is 2.27. The lowest BCUT2D eigenvalue weighted by molar-refractivity contribution is -0.384. The van der Waals surface area contributed by atoms with Crippen LogP contribution in [0.3, 0.4) is 0 Å². The molecule has 2 aromatic rings. The summed E-state index contributed by atoms with van der Waals surface area (Å²) in [5.74, 6) is -0.875. The van der Waals surface area contributed by atoms with E-state index in [1.54, 1.807) is 19.1 Å². The average Bonchev–Trinajstić information content (AvgIpc) is 3.28. The molecule has 30 heavy (non-hydrogen) atoms. The normalized spacial score (nSPS) is 13.6. The number of anilines is 1. The van der Waals surface area contributed by atoms with Crippen molar-refractivity contribution in [3.63, 3.8) is 0 Å². The topological polar surface area (TPSA) is 118 Å². The fraction of sp³-hybridized carbons (Fsp3) is 0.316. The molecule has 1 aliphatic rings. The van der Waals surface area contributed by atoms with Crippen LogP contribution in [0.25, 0.3) is 0 Å². The van der Waals surface area contributed by atoms with Crippen molar-refractivity contribution in [3.8, 4) is 0 Å². The molecule has 1 saturated heterocycles. The molecule has 1 aromatic heterocycles. The third-order valence-corrected chi connectivity index (χ3v) is 4.92. The number of thiocarbonyl (C=S) groups is 1. The van der Waals surface area contributed by atoms with Gasteiger partial charge in [0.15, 0.2) is 10.9 Å². The summed E-state index contributed by atoms with van der Waals surface area (Å²) in [7, 11) is 0. The minimum Gasteiger partial charge on any atom is -0.462 e. The van der Waals surface area contributed by atoms with Gasteiger partial charge in [-0.3, -0.25) is 20.2 Å². The van der Waals surface area contributed by atoms with Crippen LogP contribution in [0, 0.1) is 10.1 Å². The highest BCUT2D eigenvalue weighted by Crippen LogP contribution is 2.30. The van der Waals surface area contributed by atoms with Crippen molar-refractivity contribution < 1.29 is 23.7 Å². The predicted octanol–water partition coefficient (Wildman–Crippen LogP) is 2.20. The van der Waals surface area contributed by atoms with E-state index in [1.807, 2.05) is 9.80 Å². The maximum Gasteiger partial charge on any atom is 0.338 e. The summed E-state index contributed by atoms with van der Waals surface area (Å²) in [6.07, 6.45) is 1.40. The summed E-state index contributed by atoms with van der Waals surface area (Å²) in [6.45, 7) is 3.70. The van der Waals surface area contributed by atoms with Crippen LogP contribution in [0.2, 0.25) is 0 Å². The van der Waals surface area contributed by atoms with Crippen LogP contribution < -0.4 is 10.2 Å². The van der Waals surface area contributed by atoms with E-state index in [4.69, 9.17) is 21.4 Å². The molecule has 0 aliphatic carbocycles. The van der Waals surface area contributed by atoms with Gasteiger partial charge in [0.05, 0.1) is 23.4 Å². The Morgan fingerprint density at radius 2 is 2.00 bits per heavy atom. The Labute approximate surface area is 177 Å². The largest absolute Gasteiger partial charge is 0.462 e. The second-order valence-electron chi connectivity index (χ2n) is 6.39. The fourth-order valence-corrected chi connectivity index (χ4v) is 3.35. The number of nitro benzene ring substituents is 1. The second kappa shape index (κ2) is 9.35. The minimum absolute atomic E-state index is 0.132. The number of carbonyl (C=O) groups is 2. The number of nitrogens with zero attached hydrogens (tertiary/aromatic N) is 3. The highest BCUT2D eigenvalue weighted by atomic mass is 32.1. The lowest BCUT2D eigenvalue weighted by atomic mass is 10.1. The van der Waals surface area contributed by atoms with Crippen LogP contribution in [0.4, 0.5) is 11.4 Å². The zero-order valence-electron chi connectivity index (χ0n) is 16.2. The molecule has 0 atom stereocenters. The van der Waals surface area contributed by atoms with E-state index in [0.29, 0.717) is 31.9 Å². The number of rotatable bonds is 5. The zero-order chi connectivity index (χ0) is 21.7. The molecule has 1 fully saturated rings. The summed E-state index contributed by atoms with van der Waals surface area (Å²) >= 11 is 5.29. The molecule has 3 rings (SSSR count). The molecule has 1 aliphatic heterocycles. The third-order valence-electron chi connectivity index (χ3n) is 4.56. The predicted molar refractivity (Wildman–Crippen MR) is 112 cm³/mol. The number of esters is 1. The van der Waals surface area contributed by atoms with E-state index in [-0.39, 0.29) is 28.7 Å². The number of hydrogen-bond donors (Lipinski definition) is 1. The number of carbonyl (C=O) groups excluding carboxylic acids is 2. The van der Waals surface area contributed by atoms with Crippen molar-refractivity contribution in [1.29, 1.82) is 0 Å². The van der Waals surface area contributed by atoms with E-state index < -0.39 is 16.8 Å². The number of hydrogen-bond acceptors (Lipinski definition) is 8. The maximum atomic E-state index is 12.1. The van der Waals surface area contributed by atoms with E-state index in [9.17, 15) is 19.7 Å². The molecule has 158 valence electrons. The Bertz CT molecular complexity index is 954. The first kappa shape index (κ1) is 21.2. The Balaban J connectivity index is 1.65. The smallest absolute Gasteiger partial charge is 0.338 e. The quantitative estimate of drug-likeness (QED) is 0.328. The lowest BCUT2D eigenvalue weighted by Crippen LogP contribution is -2.52. The molecule has 10 nitrogen and oxygen atoms in total. The monoisotopic (exact) mass is 432 g/mol.